The van der Waals surface area contributed by atoms with Gasteiger partial charge in [-0.15, -0.1) is 0 Å². The fraction of sp³-hybridized carbons (Fsp3) is 1.00. The highest BCUT2D eigenvalue weighted by Gasteiger charge is 2.61. The topological polar surface area (TPSA) is 91.9 Å². The van der Waals surface area contributed by atoms with Gasteiger partial charge in [-0.1, -0.05) is 0 Å². The van der Waals surface area contributed by atoms with Crippen molar-refractivity contribution in [2.45, 2.75) is 115 Å². The average Bonchev–Trinajstić information content (AvgIpc) is 2.62. The molecule has 0 aromatic rings. The average molecular weight is 443 g/mol. The molecule has 4 rings (SSSR count). The van der Waals surface area contributed by atoms with Crippen LogP contribution in [-0.2, 0) is 18.9 Å². The van der Waals surface area contributed by atoms with Crippen LogP contribution in [0.2, 0.25) is 0 Å². The van der Waals surface area contributed by atoms with E-state index in [4.69, 9.17) is 18.9 Å². The largest absolute Gasteiger partial charge is 0.634 e. The highest BCUT2D eigenvalue weighted by Crippen LogP contribution is 2.46. The Morgan fingerprint density at radius 3 is 0.935 bits per heavy atom. The van der Waals surface area contributed by atoms with Gasteiger partial charge in [-0.2, -0.15) is 0 Å². The van der Waals surface area contributed by atoms with Gasteiger partial charge < -0.3 is 39.5 Å². The first-order valence-electron chi connectivity index (χ1n) is 11.6. The minimum Gasteiger partial charge on any atom is -0.634 e. The first-order valence-corrected chi connectivity index (χ1v) is 11.6. The van der Waals surface area contributed by atoms with Crippen LogP contribution in [0.1, 0.15) is 81.1 Å². The van der Waals surface area contributed by atoms with Gasteiger partial charge in [0.2, 0.25) is 0 Å². The first kappa shape index (κ1) is 23.8. The smallest absolute Gasteiger partial charge is 0.180 e. The van der Waals surface area contributed by atoms with Gasteiger partial charge in [0.1, 0.15) is 0 Å². The molecule has 4 saturated heterocycles. The van der Waals surface area contributed by atoms with Crippen LogP contribution in [0.4, 0.5) is 0 Å². The van der Waals surface area contributed by atoms with Crippen LogP contribution in [0.15, 0.2) is 0 Å². The molecule has 0 unspecified atom stereocenters. The van der Waals surface area contributed by atoms with Crippen molar-refractivity contribution in [3.8, 4) is 0 Å². The molecule has 31 heavy (non-hydrogen) atoms. The number of hydrogen-bond acceptors (Lipinski definition) is 6. The molecule has 4 aliphatic heterocycles. The predicted octanol–water partition coefficient (Wildman–Crippen LogP) is 0.926. The second-order valence-electron chi connectivity index (χ2n) is 13.4. The molecular weight excluding hydrogens is 400 g/mol. The van der Waals surface area contributed by atoms with Crippen molar-refractivity contribution in [1.29, 1.82) is 0 Å². The Balaban J connectivity index is 1.44. The molecule has 4 heterocycles. The minimum absolute atomic E-state index is 0.265. The second kappa shape index (κ2) is 6.85. The van der Waals surface area contributed by atoms with Gasteiger partial charge in [-0.25, -0.2) is 0 Å². The molecular formula is C23H42N2O6. The molecule has 0 bridgehead atoms. The van der Waals surface area contributed by atoms with E-state index < -0.39 is 33.7 Å². The summed E-state index contributed by atoms with van der Waals surface area (Å²) in [5.74, 6) is -1.47. The highest BCUT2D eigenvalue weighted by molar-refractivity contribution is 5.00. The maximum absolute atomic E-state index is 12.8. The Morgan fingerprint density at radius 1 is 0.484 bits per heavy atom. The van der Waals surface area contributed by atoms with E-state index in [0.717, 1.165) is 0 Å². The Kier molecular flexibility index (Phi) is 5.27. The van der Waals surface area contributed by atoms with E-state index in [9.17, 15) is 10.4 Å². The molecule has 8 heteroatoms. The summed E-state index contributed by atoms with van der Waals surface area (Å²) >= 11 is 0. The van der Waals surface area contributed by atoms with Crippen LogP contribution in [0.5, 0.6) is 0 Å². The third kappa shape index (κ3) is 3.97. The Morgan fingerprint density at radius 2 is 0.710 bits per heavy atom. The van der Waals surface area contributed by atoms with Crippen LogP contribution in [-0.4, -0.2) is 60.2 Å². The quantitative estimate of drug-likeness (QED) is 0.542. The van der Waals surface area contributed by atoms with E-state index in [0.29, 0.717) is 52.1 Å². The summed E-state index contributed by atoms with van der Waals surface area (Å²) in [4.78, 5) is 0. The molecule has 0 aliphatic carbocycles. The lowest BCUT2D eigenvalue weighted by Crippen LogP contribution is -3.23. The SMILES string of the molecule is CC1(C)CC2(CC(C)(C)[NH+]1[O-])OCC1(CO2)COC2(CC(C)(C)[NH+]([O-])C(C)(C)C2)OC1. The monoisotopic (exact) mass is 442 g/mol. The third-order valence-corrected chi connectivity index (χ3v) is 7.87. The Bertz CT molecular complexity index is 599. The highest BCUT2D eigenvalue weighted by atomic mass is 16.7. The van der Waals surface area contributed by atoms with Crippen LogP contribution in [0.25, 0.3) is 0 Å². The lowest BCUT2D eigenvalue weighted by molar-refractivity contribution is -0.960. The van der Waals surface area contributed by atoms with Gasteiger partial charge in [0.15, 0.2) is 11.6 Å². The number of nitrogens with one attached hydrogen (secondary N) is 2. The number of rotatable bonds is 0. The van der Waals surface area contributed by atoms with Crippen molar-refractivity contribution < 1.29 is 29.1 Å². The molecule has 180 valence electrons. The Labute approximate surface area is 186 Å². The van der Waals surface area contributed by atoms with E-state index in [1.165, 1.54) is 0 Å². The third-order valence-electron chi connectivity index (χ3n) is 7.87. The van der Waals surface area contributed by atoms with E-state index in [1.54, 1.807) is 0 Å². The minimum atomic E-state index is -0.734. The molecule has 2 N–H and O–H groups in total. The van der Waals surface area contributed by atoms with Gasteiger partial charge in [-0.3, -0.25) is 0 Å². The fourth-order valence-electron chi connectivity index (χ4n) is 6.85. The molecule has 4 aliphatic rings. The van der Waals surface area contributed by atoms with E-state index in [2.05, 4.69) is 0 Å². The van der Waals surface area contributed by atoms with Crippen molar-refractivity contribution in [2.75, 3.05) is 26.4 Å². The number of hydrogen-bond donors (Lipinski definition) is 2. The molecule has 0 atom stereocenters. The van der Waals surface area contributed by atoms with Crippen LogP contribution < -0.4 is 10.1 Å². The molecule has 8 nitrogen and oxygen atoms in total. The zero-order valence-corrected chi connectivity index (χ0v) is 20.6. The number of hydroxylamine groups is 4. The molecule has 3 spiro atoms. The van der Waals surface area contributed by atoms with Crippen molar-refractivity contribution in [2.24, 2.45) is 5.41 Å². The van der Waals surface area contributed by atoms with E-state index in [1.807, 2.05) is 55.4 Å². The molecule has 0 amide bonds. The molecule has 0 aromatic carbocycles. The second-order valence-corrected chi connectivity index (χ2v) is 13.4. The molecule has 0 radical (unpaired) electrons. The summed E-state index contributed by atoms with van der Waals surface area (Å²) in [6.45, 7) is 17.8. The lowest BCUT2D eigenvalue weighted by Gasteiger charge is -2.62. The summed E-state index contributed by atoms with van der Waals surface area (Å²) in [5, 5.41) is 26.2. The number of quaternary nitrogens is 2. The first-order chi connectivity index (χ1) is 14.0. The summed E-state index contributed by atoms with van der Waals surface area (Å²) in [6, 6.07) is 0. The molecule has 4 fully saturated rings. The fourth-order valence-corrected chi connectivity index (χ4v) is 6.85. The van der Waals surface area contributed by atoms with Gasteiger partial charge in [-0.05, 0) is 55.4 Å². The lowest BCUT2D eigenvalue weighted by atomic mass is 9.76. The van der Waals surface area contributed by atoms with Crippen molar-refractivity contribution in [1.82, 2.24) is 0 Å². The zero-order valence-electron chi connectivity index (χ0n) is 20.6. The molecule has 0 aromatic heterocycles. The predicted molar refractivity (Wildman–Crippen MR) is 115 cm³/mol. The standard InChI is InChI=1S/C23H42N2O6/c1-17(2)9-22(10-18(3,4)24(17)26)28-13-21(14-29-22)15-30-23(31-16-21)11-19(5,6)25(27)20(7,8)12-23/h24-25H,9-16H2,1-8H3. The summed E-state index contributed by atoms with van der Waals surface area (Å²) in [7, 11) is 0. The normalized spacial score (nSPS) is 48.2. The summed E-state index contributed by atoms with van der Waals surface area (Å²) < 4.78 is 25.6. The maximum Gasteiger partial charge on any atom is 0.180 e. The van der Waals surface area contributed by atoms with Crippen molar-refractivity contribution >= 4 is 0 Å². The van der Waals surface area contributed by atoms with Crippen LogP contribution >= 0.6 is 0 Å². The zero-order chi connectivity index (χ0) is 23.1. The summed E-state index contributed by atoms with van der Waals surface area (Å²) in [6.07, 6.45) is 2.26. The molecule has 0 saturated carbocycles. The van der Waals surface area contributed by atoms with Gasteiger partial charge in [0, 0.05) is 0 Å². The summed E-state index contributed by atoms with van der Waals surface area (Å²) in [5.41, 5.74) is -2.30. The van der Waals surface area contributed by atoms with Crippen molar-refractivity contribution in [3.63, 3.8) is 0 Å². The number of piperidine rings is 2. The van der Waals surface area contributed by atoms with Gasteiger partial charge in [0.05, 0.1) is 79.7 Å². The number of ether oxygens (including phenoxy) is 4. The van der Waals surface area contributed by atoms with Crippen LogP contribution in [0.3, 0.4) is 0 Å². The van der Waals surface area contributed by atoms with Gasteiger partial charge in [0.25, 0.3) is 0 Å². The van der Waals surface area contributed by atoms with Crippen LogP contribution in [0, 0.1) is 15.8 Å². The maximum atomic E-state index is 12.8. The van der Waals surface area contributed by atoms with E-state index >= 15 is 0 Å². The Hall–Kier alpha value is -0.320. The van der Waals surface area contributed by atoms with Gasteiger partial charge >= 0.3 is 0 Å². The van der Waals surface area contributed by atoms with Crippen molar-refractivity contribution in [3.05, 3.63) is 10.4 Å². The van der Waals surface area contributed by atoms with E-state index in [-0.39, 0.29) is 15.5 Å².